The molecule has 0 amide bonds. The van der Waals surface area contributed by atoms with Gasteiger partial charge in [0, 0.05) is 32.5 Å². The quantitative estimate of drug-likeness (QED) is 0.831. The normalized spacial score (nSPS) is 10.6. The van der Waals surface area contributed by atoms with Crippen LogP contribution in [0.1, 0.15) is 12.2 Å². The summed E-state index contributed by atoms with van der Waals surface area (Å²) in [5.74, 6) is 1.84. The third kappa shape index (κ3) is 3.20. The maximum absolute atomic E-state index is 5.81. The zero-order valence-corrected chi connectivity index (χ0v) is 11.3. The Morgan fingerprint density at radius 3 is 2.89 bits per heavy atom. The molecule has 0 saturated carbocycles. The fourth-order valence-electron chi connectivity index (χ4n) is 1.75. The molecule has 0 unspecified atom stereocenters. The van der Waals surface area contributed by atoms with Gasteiger partial charge in [0.1, 0.15) is 16.8 Å². The molecule has 0 spiro atoms. The molecule has 6 heteroatoms. The van der Waals surface area contributed by atoms with Crippen molar-refractivity contribution < 1.29 is 0 Å². The van der Waals surface area contributed by atoms with Crippen LogP contribution < -0.4 is 4.90 Å². The zero-order valence-electron chi connectivity index (χ0n) is 10.5. The van der Waals surface area contributed by atoms with E-state index in [-0.39, 0.29) is 0 Å². The largest absolute Gasteiger partial charge is 0.358 e. The van der Waals surface area contributed by atoms with Crippen LogP contribution in [0.3, 0.4) is 0 Å². The fourth-order valence-corrected chi connectivity index (χ4v) is 1.89. The number of nitrogens with zero attached hydrogens (tertiary/aromatic N) is 5. The van der Waals surface area contributed by atoms with Crippen molar-refractivity contribution in [3.63, 3.8) is 0 Å². The van der Waals surface area contributed by atoms with Gasteiger partial charge in [-0.1, -0.05) is 11.6 Å². The lowest BCUT2D eigenvalue weighted by molar-refractivity contribution is 0.621. The highest BCUT2D eigenvalue weighted by Crippen LogP contribution is 2.11. The summed E-state index contributed by atoms with van der Waals surface area (Å²) in [6.07, 6.45) is 8.08. The Hall–Kier alpha value is -1.62. The van der Waals surface area contributed by atoms with Crippen LogP contribution in [0.2, 0.25) is 5.15 Å². The van der Waals surface area contributed by atoms with Crippen molar-refractivity contribution in [3.8, 4) is 0 Å². The van der Waals surface area contributed by atoms with Crippen molar-refractivity contribution in [2.24, 2.45) is 0 Å². The summed E-state index contributed by atoms with van der Waals surface area (Å²) in [4.78, 5) is 14.5. The van der Waals surface area contributed by atoms with E-state index in [1.165, 1.54) is 6.20 Å². The molecule has 0 fully saturated rings. The van der Waals surface area contributed by atoms with E-state index in [2.05, 4.69) is 19.5 Å². The monoisotopic (exact) mass is 265 g/mol. The minimum atomic E-state index is 0.421. The van der Waals surface area contributed by atoms with Crippen molar-refractivity contribution in [2.75, 3.05) is 18.5 Å². The average molecular weight is 266 g/mol. The molecule has 0 saturated heterocycles. The highest BCUT2D eigenvalue weighted by atomic mass is 35.5. The van der Waals surface area contributed by atoms with E-state index >= 15 is 0 Å². The molecule has 96 valence electrons. The molecule has 0 N–H and O–H groups in total. The molecule has 0 aromatic carbocycles. The molecule has 0 bridgehead atoms. The molecule has 2 aromatic heterocycles. The van der Waals surface area contributed by atoms with Crippen molar-refractivity contribution in [3.05, 3.63) is 35.8 Å². The average Bonchev–Trinajstić information content (AvgIpc) is 2.75. The van der Waals surface area contributed by atoms with Gasteiger partial charge in [-0.2, -0.15) is 0 Å². The maximum atomic E-state index is 5.81. The first-order valence-electron chi connectivity index (χ1n) is 5.83. The molecule has 2 rings (SSSR count). The molecule has 0 radical (unpaired) electrons. The Bertz CT molecular complexity index is 511. The molecule has 0 aliphatic heterocycles. The second-order valence-electron chi connectivity index (χ2n) is 4.14. The Labute approximate surface area is 111 Å². The Kier molecular flexibility index (Phi) is 4.15. The molecule has 2 heterocycles. The van der Waals surface area contributed by atoms with Crippen LogP contribution >= 0.6 is 11.6 Å². The first-order valence-corrected chi connectivity index (χ1v) is 6.21. The van der Waals surface area contributed by atoms with Crippen molar-refractivity contribution in [1.29, 1.82) is 0 Å². The first-order chi connectivity index (χ1) is 8.66. The topological polar surface area (TPSA) is 46.8 Å². The van der Waals surface area contributed by atoms with Gasteiger partial charge in [-0.25, -0.2) is 9.97 Å². The van der Waals surface area contributed by atoms with Crippen LogP contribution in [-0.2, 0) is 6.54 Å². The number of halogens is 1. The van der Waals surface area contributed by atoms with Gasteiger partial charge in [0.05, 0.1) is 12.4 Å². The molecule has 5 nitrogen and oxygen atoms in total. The summed E-state index contributed by atoms with van der Waals surface area (Å²) in [5, 5.41) is 0.421. The molecule has 0 aliphatic carbocycles. The third-order valence-corrected chi connectivity index (χ3v) is 2.98. The van der Waals surface area contributed by atoms with Gasteiger partial charge in [0.25, 0.3) is 0 Å². The van der Waals surface area contributed by atoms with Gasteiger partial charge >= 0.3 is 0 Å². The zero-order chi connectivity index (χ0) is 13.0. The van der Waals surface area contributed by atoms with Crippen LogP contribution in [-0.4, -0.2) is 33.1 Å². The van der Waals surface area contributed by atoms with Crippen molar-refractivity contribution in [1.82, 2.24) is 19.5 Å². The lowest BCUT2D eigenvalue weighted by atomic mass is 10.4. The number of anilines is 1. The molecule has 18 heavy (non-hydrogen) atoms. The molecule has 0 aliphatic rings. The summed E-state index contributed by atoms with van der Waals surface area (Å²) in [7, 11) is 1.99. The maximum Gasteiger partial charge on any atom is 0.149 e. The second-order valence-corrected chi connectivity index (χ2v) is 4.53. The summed E-state index contributed by atoms with van der Waals surface area (Å²) in [6, 6.07) is 0. The molecular formula is C12H16ClN5. The smallest absolute Gasteiger partial charge is 0.149 e. The van der Waals surface area contributed by atoms with Gasteiger partial charge in [0.15, 0.2) is 0 Å². The number of aryl methyl sites for hydroxylation is 2. The third-order valence-electron chi connectivity index (χ3n) is 2.80. The SMILES string of the molecule is Cc1nccn1CCCN(C)c1cncc(Cl)n1. The van der Waals surface area contributed by atoms with Crippen molar-refractivity contribution >= 4 is 17.4 Å². The number of aromatic nitrogens is 4. The number of hydrogen-bond acceptors (Lipinski definition) is 4. The lowest BCUT2D eigenvalue weighted by Crippen LogP contribution is -2.21. The molecular weight excluding hydrogens is 250 g/mol. The minimum Gasteiger partial charge on any atom is -0.358 e. The van der Waals surface area contributed by atoms with E-state index in [0.717, 1.165) is 31.2 Å². The summed E-state index contributed by atoms with van der Waals surface area (Å²) >= 11 is 5.81. The predicted octanol–water partition coefficient (Wildman–Crippen LogP) is 2.16. The molecule has 2 aromatic rings. The molecule has 0 atom stereocenters. The Balaban J connectivity index is 1.85. The van der Waals surface area contributed by atoms with E-state index in [1.807, 2.05) is 31.3 Å². The van der Waals surface area contributed by atoms with E-state index in [1.54, 1.807) is 6.20 Å². The van der Waals surface area contributed by atoms with E-state index in [0.29, 0.717) is 5.15 Å². The van der Waals surface area contributed by atoms with Crippen LogP contribution in [0.15, 0.2) is 24.8 Å². The first kappa shape index (κ1) is 12.8. The van der Waals surface area contributed by atoms with Gasteiger partial charge in [-0.3, -0.25) is 4.98 Å². The highest BCUT2D eigenvalue weighted by Gasteiger charge is 2.04. The second kappa shape index (κ2) is 5.82. The Morgan fingerprint density at radius 1 is 1.39 bits per heavy atom. The van der Waals surface area contributed by atoms with Gasteiger partial charge in [-0.15, -0.1) is 0 Å². The summed E-state index contributed by atoms with van der Waals surface area (Å²) < 4.78 is 2.14. The standard InChI is InChI=1S/C12H16ClN5/c1-10-15-4-7-18(10)6-3-5-17(2)12-9-14-8-11(13)16-12/h4,7-9H,3,5-6H2,1-2H3. The summed E-state index contributed by atoms with van der Waals surface area (Å²) in [5.41, 5.74) is 0. The van der Waals surface area contributed by atoms with Crippen LogP contribution in [0.4, 0.5) is 5.82 Å². The van der Waals surface area contributed by atoms with Gasteiger partial charge < -0.3 is 9.47 Å². The minimum absolute atomic E-state index is 0.421. The highest BCUT2D eigenvalue weighted by molar-refractivity contribution is 6.29. The Morgan fingerprint density at radius 2 is 2.22 bits per heavy atom. The predicted molar refractivity (Wildman–Crippen MR) is 71.9 cm³/mol. The van der Waals surface area contributed by atoms with E-state index in [4.69, 9.17) is 11.6 Å². The van der Waals surface area contributed by atoms with Crippen LogP contribution in [0, 0.1) is 6.92 Å². The fraction of sp³-hybridized carbons (Fsp3) is 0.417. The van der Waals surface area contributed by atoms with Crippen molar-refractivity contribution in [2.45, 2.75) is 19.9 Å². The van der Waals surface area contributed by atoms with Gasteiger partial charge in [0.2, 0.25) is 0 Å². The van der Waals surface area contributed by atoms with Crippen LogP contribution in [0.25, 0.3) is 0 Å². The number of rotatable bonds is 5. The van der Waals surface area contributed by atoms with E-state index in [9.17, 15) is 0 Å². The van der Waals surface area contributed by atoms with Gasteiger partial charge in [-0.05, 0) is 13.3 Å². The van der Waals surface area contributed by atoms with Crippen LogP contribution in [0.5, 0.6) is 0 Å². The van der Waals surface area contributed by atoms with E-state index < -0.39 is 0 Å². The number of hydrogen-bond donors (Lipinski definition) is 0. The number of imidazole rings is 1. The lowest BCUT2D eigenvalue weighted by Gasteiger charge is -2.17. The summed E-state index contributed by atoms with van der Waals surface area (Å²) in [6.45, 7) is 3.85.